The van der Waals surface area contributed by atoms with E-state index in [4.69, 9.17) is 9.47 Å². The first-order valence-electron chi connectivity index (χ1n) is 9.71. The highest BCUT2D eigenvalue weighted by molar-refractivity contribution is 5.72. The Kier molecular flexibility index (Phi) is 6.65. The Hall–Kier alpha value is -3.43. The SMILES string of the molecule is CCCCn1c(=O)[nH]c(=O)c2c1nc(COC(=O)COc1ccccc1F)n2CC. The predicted molar refractivity (Wildman–Crippen MR) is 107 cm³/mol. The lowest BCUT2D eigenvalue weighted by atomic mass is 10.3. The van der Waals surface area contributed by atoms with Gasteiger partial charge in [0.2, 0.25) is 0 Å². The molecular weight excluding hydrogens is 395 g/mol. The highest BCUT2D eigenvalue weighted by Crippen LogP contribution is 2.16. The minimum Gasteiger partial charge on any atom is -0.479 e. The maximum absolute atomic E-state index is 13.6. The third-order valence-electron chi connectivity index (χ3n) is 4.56. The molecule has 160 valence electrons. The summed E-state index contributed by atoms with van der Waals surface area (Å²) in [5.74, 6) is -1.03. The van der Waals surface area contributed by atoms with Crippen molar-refractivity contribution >= 4 is 17.1 Å². The first-order chi connectivity index (χ1) is 14.5. The fraction of sp³-hybridized carbons (Fsp3) is 0.400. The number of imidazole rings is 1. The third kappa shape index (κ3) is 4.42. The first kappa shape index (κ1) is 21.3. The Bertz CT molecular complexity index is 1160. The molecule has 1 N–H and O–H groups in total. The van der Waals surface area contributed by atoms with Gasteiger partial charge >= 0.3 is 11.7 Å². The van der Waals surface area contributed by atoms with Crippen LogP contribution in [-0.2, 0) is 29.2 Å². The van der Waals surface area contributed by atoms with Crippen LogP contribution in [-0.4, -0.2) is 31.7 Å². The van der Waals surface area contributed by atoms with E-state index in [1.165, 1.54) is 22.8 Å². The number of ether oxygens (including phenoxy) is 2. The highest BCUT2D eigenvalue weighted by Gasteiger charge is 2.19. The maximum atomic E-state index is 13.6. The fourth-order valence-corrected chi connectivity index (χ4v) is 3.08. The van der Waals surface area contributed by atoms with Crippen LogP contribution in [0.2, 0.25) is 0 Å². The van der Waals surface area contributed by atoms with Crippen molar-refractivity contribution in [3.63, 3.8) is 0 Å². The number of carbonyl (C=O) groups excluding carboxylic acids is 1. The van der Waals surface area contributed by atoms with Crippen molar-refractivity contribution in [1.29, 1.82) is 0 Å². The van der Waals surface area contributed by atoms with Gasteiger partial charge in [0.15, 0.2) is 29.3 Å². The van der Waals surface area contributed by atoms with Gasteiger partial charge in [-0.3, -0.25) is 14.3 Å². The normalized spacial score (nSPS) is 11.0. The number of para-hydroxylation sites is 1. The average molecular weight is 418 g/mol. The topological polar surface area (TPSA) is 108 Å². The summed E-state index contributed by atoms with van der Waals surface area (Å²) in [5.41, 5.74) is -0.560. The third-order valence-corrected chi connectivity index (χ3v) is 4.56. The minimum absolute atomic E-state index is 0.0540. The lowest BCUT2D eigenvalue weighted by molar-refractivity contribution is -0.147. The Balaban J connectivity index is 1.79. The molecule has 0 aliphatic heterocycles. The molecule has 1 aromatic carbocycles. The van der Waals surface area contributed by atoms with Crippen molar-refractivity contribution in [2.75, 3.05) is 6.61 Å². The van der Waals surface area contributed by atoms with Gasteiger partial charge in [0.25, 0.3) is 5.56 Å². The molecule has 0 aliphatic carbocycles. The first-order valence-corrected chi connectivity index (χ1v) is 9.71. The van der Waals surface area contributed by atoms with Crippen molar-refractivity contribution in [3.05, 3.63) is 56.7 Å². The van der Waals surface area contributed by atoms with Gasteiger partial charge in [-0.1, -0.05) is 25.5 Å². The summed E-state index contributed by atoms with van der Waals surface area (Å²) in [6.07, 6.45) is 1.62. The van der Waals surface area contributed by atoms with Crippen molar-refractivity contribution in [2.24, 2.45) is 0 Å². The Morgan fingerprint density at radius 2 is 1.97 bits per heavy atom. The monoisotopic (exact) mass is 418 g/mol. The number of benzene rings is 1. The van der Waals surface area contributed by atoms with E-state index in [1.54, 1.807) is 10.6 Å². The number of nitrogens with one attached hydrogen (secondary N) is 1. The van der Waals surface area contributed by atoms with E-state index in [2.05, 4.69) is 9.97 Å². The van der Waals surface area contributed by atoms with Crippen LogP contribution in [0.15, 0.2) is 33.9 Å². The van der Waals surface area contributed by atoms with E-state index in [-0.39, 0.29) is 23.5 Å². The molecule has 0 saturated heterocycles. The van der Waals surface area contributed by atoms with E-state index in [9.17, 15) is 18.8 Å². The van der Waals surface area contributed by atoms with Crippen LogP contribution in [0.5, 0.6) is 5.75 Å². The number of fused-ring (bicyclic) bond motifs is 1. The number of unbranched alkanes of at least 4 members (excludes halogenated alkanes) is 1. The summed E-state index contributed by atoms with van der Waals surface area (Å²) in [4.78, 5) is 43.3. The Morgan fingerprint density at radius 3 is 2.67 bits per heavy atom. The van der Waals surface area contributed by atoms with Crippen LogP contribution in [0.1, 0.15) is 32.5 Å². The number of halogens is 1. The zero-order chi connectivity index (χ0) is 21.7. The second kappa shape index (κ2) is 9.38. The second-order valence-corrected chi connectivity index (χ2v) is 6.59. The lowest BCUT2D eigenvalue weighted by Gasteiger charge is -2.08. The van der Waals surface area contributed by atoms with Crippen molar-refractivity contribution in [2.45, 2.75) is 46.4 Å². The molecule has 2 aromatic heterocycles. The number of aryl methyl sites for hydroxylation is 2. The lowest BCUT2D eigenvalue weighted by Crippen LogP contribution is -2.31. The molecule has 0 spiro atoms. The summed E-state index contributed by atoms with van der Waals surface area (Å²) in [6, 6.07) is 5.72. The average Bonchev–Trinajstić information content (AvgIpc) is 3.10. The molecule has 3 aromatic rings. The Morgan fingerprint density at radius 1 is 1.20 bits per heavy atom. The maximum Gasteiger partial charge on any atom is 0.344 e. The number of hydrogen-bond acceptors (Lipinski definition) is 6. The molecule has 0 aliphatic rings. The van der Waals surface area contributed by atoms with Gasteiger partial charge in [0.1, 0.15) is 12.4 Å². The molecule has 0 radical (unpaired) electrons. The van der Waals surface area contributed by atoms with Crippen LogP contribution in [0.3, 0.4) is 0 Å². The van der Waals surface area contributed by atoms with Gasteiger partial charge in [-0.25, -0.2) is 19.0 Å². The number of aromatic nitrogens is 4. The van der Waals surface area contributed by atoms with Gasteiger partial charge < -0.3 is 14.0 Å². The van der Waals surface area contributed by atoms with E-state index >= 15 is 0 Å². The molecule has 0 fully saturated rings. The number of hydrogen-bond donors (Lipinski definition) is 1. The molecule has 0 atom stereocenters. The smallest absolute Gasteiger partial charge is 0.344 e. The van der Waals surface area contributed by atoms with Gasteiger partial charge in [-0.15, -0.1) is 0 Å². The molecule has 9 nitrogen and oxygen atoms in total. The zero-order valence-electron chi connectivity index (χ0n) is 16.8. The van der Waals surface area contributed by atoms with Gasteiger partial charge in [0.05, 0.1) is 0 Å². The number of esters is 1. The molecule has 10 heteroatoms. The largest absolute Gasteiger partial charge is 0.479 e. The molecule has 0 saturated carbocycles. The molecule has 2 heterocycles. The zero-order valence-corrected chi connectivity index (χ0v) is 16.8. The van der Waals surface area contributed by atoms with Gasteiger partial charge in [-0.05, 0) is 25.5 Å². The number of carbonyl (C=O) groups is 1. The number of nitrogens with zero attached hydrogens (tertiary/aromatic N) is 3. The minimum atomic E-state index is -0.717. The molecule has 0 amide bonds. The van der Waals surface area contributed by atoms with Crippen molar-refractivity contribution < 1.29 is 18.7 Å². The second-order valence-electron chi connectivity index (χ2n) is 6.59. The highest BCUT2D eigenvalue weighted by atomic mass is 19.1. The standard InChI is InChI=1S/C20H23FN4O5/c1-3-5-10-25-18-17(19(27)23-20(25)28)24(4-2)15(22-18)11-30-16(26)12-29-14-9-7-6-8-13(14)21/h6-9H,3-5,10-12H2,1-2H3,(H,23,27,28). The number of H-pyrrole nitrogens is 1. The molecule has 0 unspecified atom stereocenters. The Labute approximate surface area is 171 Å². The van der Waals surface area contributed by atoms with E-state index in [1.807, 2.05) is 13.8 Å². The fourth-order valence-electron chi connectivity index (χ4n) is 3.08. The van der Waals surface area contributed by atoms with Crippen LogP contribution in [0, 0.1) is 5.82 Å². The van der Waals surface area contributed by atoms with E-state index in [0.717, 1.165) is 12.8 Å². The molecule has 0 bridgehead atoms. The van der Waals surface area contributed by atoms with Crippen LogP contribution < -0.4 is 16.0 Å². The summed E-state index contributed by atoms with van der Waals surface area (Å²) in [7, 11) is 0. The van der Waals surface area contributed by atoms with Crippen LogP contribution >= 0.6 is 0 Å². The van der Waals surface area contributed by atoms with Gasteiger partial charge in [-0.2, -0.15) is 0 Å². The number of aromatic amines is 1. The number of rotatable bonds is 9. The van der Waals surface area contributed by atoms with E-state index < -0.39 is 29.6 Å². The van der Waals surface area contributed by atoms with Gasteiger partial charge in [0, 0.05) is 13.1 Å². The van der Waals surface area contributed by atoms with Crippen LogP contribution in [0.4, 0.5) is 4.39 Å². The predicted octanol–water partition coefficient (Wildman–Crippen LogP) is 1.97. The quantitative estimate of drug-likeness (QED) is 0.532. The summed E-state index contributed by atoms with van der Waals surface area (Å²) in [5, 5.41) is 0. The molecular formula is C20H23FN4O5. The van der Waals surface area contributed by atoms with Crippen LogP contribution in [0.25, 0.3) is 11.2 Å². The molecule has 3 rings (SSSR count). The molecule has 30 heavy (non-hydrogen) atoms. The van der Waals surface area contributed by atoms with Crippen molar-refractivity contribution in [1.82, 2.24) is 19.1 Å². The summed E-state index contributed by atoms with van der Waals surface area (Å²) in [6.45, 7) is 3.92. The van der Waals surface area contributed by atoms with Crippen molar-refractivity contribution in [3.8, 4) is 5.75 Å². The summed E-state index contributed by atoms with van der Waals surface area (Å²) >= 11 is 0. The van der Waals surface area contributed by atoms with E-state index in [0.29, 0.717) is 18.9 Å². The summed E-state index contributed by atoms with van der Waals surface area (Å²) < 4.78 is 26.9.